The Morgan fingerprint density at radius 2 is 2.14 bits per heavy atom. The number of hydrogen-bond donors (Lipinski definition) is 3. The fourth-order valence-corrected chi connectivity index (χ4v) is 3.59. The van der Waals surface area contributed by atoms with E-state index in [4.69, 9.17) is 11.5 Å². The molecule has 1 aliphatic carbocycles. The van der Waals surface area contributed by atoms with E-state index in [-0.39, 0.29) is 17.4 Å². The number of nitrogen functional groups attached to an aromatic ring is 1. The van der Waals surface area contributed by atoms with Gasteiger partial charge in [0.1, 0.15) is 0 Å². The van der Waals surface area contributed by atoms with Crippen molar-refractivity contribution in [2.75, 3.05) is 12.3 Å². The number of fused-ring (bicyclic) bond motifs is 1. The highest BCUT2D eigenvalue weighted by Gasteiger charge is 2.29. The lowest BCUT2D eigenvalue weighted by Gasteiger charge is -2.30. The van der Waals surface area contributed by atoms with Crippen molar-refractivity contribution in [3.63, 3.8) is 0 Å². The molecule has 0 saturated heterocycles. The highest BCUT2D eigenvalue weighted by atomic mass is 16.2. The van der Waals surface area contributed by atoms with Gasteiger partial charge >= 0.3 is 0 Å². The number of nitrogens with two attached hydrogens (primary N) is 2. The van der Waals surface area contributed by atoms with E-state index in [1.807, 2.05) is 0 Å². The van der Waals surface area contributed by atoms with Crippen molar-refractivity contribution in [2.45, 2.75) is 51.1 Å². The summed E-state index contributed by atoms with van der Waals surface area (Å²) < 4.78 is 0. The molecule has 1 aromatic heterocycles. The number of H-pyrrole nitrogens is 1. The Morgan fingerprint density at radius 3 is 2.86 bits per heavy atom. The lowest BCUT2D eigenvalue weighted by atomic mass is 9.97. The number of rotatable bonds is 3. The third kappa shape index (κ3) is 2.99. The molecule has 0 spiro atoms. The van der Waals surface area contributed by atoms with Gasteiger partial charge in [-0.2, -0.15) is 0 Å². The summed E-state index contributed by atoms with van der Waals surface area (Å²) in [5.74, 6) is 0.624. The second-order valence-corrected chi connectivity index (χ2v) is 6.38. The highest BCUT2D eigenvalue weighted by molar-refractivity contribution is 5.81. The molecule has 7 heteroatoms. The van der Waals surface area contributed by atoms with Crippen LogP contribution in [0.3, 0.4) is 0 Å². The van der Waals surface area contributed by atoms with Crippen LogP contribution in [0.4, 0.5) is 5.95 Å². The minimum atomic E-state index is -0.455. The van der Waals surface area contributed by atoms with E-state index < -0.39 is 6.04 Å². The van der Waals surface area contributed by atoms with Gasteiger partial charge < -0.3 is 16.4 Å². The van der Waals surface area contributed by atoms with Crippen LogP contribution in [-0.2, 0) is 17.8 Å². The Hall–Kier alpha value is -1.89. The zero-order chi connectivity index (χ0) is 15.7. The Labute approximate surface area is 129 Å². The molecule has 22 heavy (non-hydrogen) atoms. The van der Waals surface area contributed by atoms with Gasteiger partial charge in [0.15, 0.2) is 0 Å². The van der Waals surface area contributed by atoms with Crippen LogP contribution in [0.1, 0.15) is 43.4 Å². The standard InChI is InChI=1S/C15H23N5O2/c16-11(7-9-3-1-2-4-9)14(22)20-6-5-10-12(8-20)18-15(17)19-13(10)21/h9,11H,1-8,16H2,(H3,17,18,19,21)/t11-/m0/s1. The summed E-state index contributed by atoms with van der Waals surface area (Å²) in [7, 11) is 0. The SMILES string of the molecule is Nc1nc2c(c(=O)[nH]1)CCN(C(=O)[C@@H](N)CC1CCCC1)C2. The van der Waals surface area contributed by atoms with E-state index in [1.165, 1.54) is 25.7 Å². The van der Waals surface area contributed by atoms with Crippen molar-refractivity contribution in [3.8, 4) is 0 Å². The van der Waals surface area contributed by atoms with E-state index in [0.29, 0.717) is 36.7 Å². The van der Waals surface area contributed by atoms with E-state index in [1.54, 1.807) is 4.90 Å². The predicted molar refractivity (Wildman–Crippen MR) is 82.9 cm³/mol. The lowest BCUT2D eigenvalue weighted by Crippen LogP contribution is -2.47. The first kappa shape index (κ1) is 15.0. The molecule has 0 aromatic carbocycles. The molecular weight excluding hydrogens is 282 g/mol. The molecule has 1 atom stereocenters. The molecule has 0 unspecified atom stereocenters. The first-order valence-electron chi connectivity index (χ1n) is 7.96. The summed E-state index contributed by atoms with van der Waals surface area (Å²) in [6.07, 6.45) is 6.10. The number of carbonyl (C=O) groups excluding carboxylic acids is 1. The average molecular weight is 305 g/mol. The molecule has 1 aromatic rings. The van der Waals surface area contributed by atoms with Gasteiger partial charge in [0, 0.05) is 12.1 Å². The Morgan fingerprint density at radius 1 is 1.41 bits per heavy atom. The zero-order valence-corrected chi connectivity index (χ0v) is 12.7. The molecular formula is C15H23N5O2. The topological polar surface area (TPSA) is 118 Å². The van der Waals surface area contributed by atoms with Gasteiger partial charge in [0.25, 0.3) is 5.56 Å². The van der Waals surface area contributed by atoms with Gasteiger partial charge in [0.2, 0.25) is 11.9 Å². The van der Waals surface area contributed by atoms with Crippen LogP contribution in [0.5, 0.6) is 0 Å². The molecule has 1 saturated carbocycles. The summed E-state index contributed by atoms with van der Waals surface area (Å²) in [5, 5.41) is 0. The third-order valence-corrected chi connectivity index (χ3v) is 4.78. The van der Waals surface area contributed by atoms with Crippen molar-refractivity contribution in [1.29, 1.82) is 0 Å². The second-order valence-electron chi connectivity index (χ2n) is 6.38. The Kier molecular flexibility index (Phi) is 4.15. The molecule has 5 N–H and O–H groups in total. The summed E-state index contributed by atoms with van der Waals surface area (Å²) in [5.41, 5.74) is 12.7. The number of nitrogens with zero attached hydrogens (tertiary/aromatic N) is 2. The van der Waals surface area contributed by atoms with Crippen LogP contribution in [-0.4, -0.2) is 33.4 Å². The van der Waals surface area contributed by atoms with Gasteiger partial charge in [-0.05, 0) is 18.8 Å². The fraction of sp³-hybridized carbons (Fsp3) is 0.667. The number of nitrogens with one attached hydrogen (secondary N) is 1. The number of anilines is 1. The van der Waals surface area contributed by atoms with Crippen LogP contribution >= 0.6 is 0 Å². The minimum Gasteiger partial charge on any atom is -0.369 e. The van der Waals surface area contributed by atoms with Crippen LogP contribution in [0.25, 0.3) is 0 Å². The van der Waals surface area contributed by atoms with Gasteiger partial charge in [-0.3, -0.25) is 14.6 Å². The molecule has 120 valence electrons. The normalized spacial score (nSPS) is 20.0. The van der Waals surface area contributed by atoms with Crippen LogP contribution < -0.4 is 17.0 Å². The zero-order valence-electron chi connectivity index (χ0n) is 12.7. The maximum Gasteiger partial charge on any atom is 0.255 e. The van der Waals surface area contributed by atoms with E-state index in [9.17, 15) is 9.59 Å². The van der Waals surface area contributed by atoms with Crippen molar-refractivity contribution in [3.05, 3.63) is 21.6 Å². The largest absolute Gasteiger partial charge is 0.369 e. The fourth-order valence-electron chi connectivity index (χ4n) is 3.59. The summed E-state index contributed by atoms with van der Waals surface area (Å²) in [6, 6.07) is -0.455. The van der Waals surface area contributed by atoms with Crippen LogP contribution in [0.2, 0.25) is 0 Å². The van der Waals surface area contributed by atoms with Gasteiger partial charge in [-0.25, -0.2) is 4.98 Å². The highest BCUT2D eigenvalue weighted by Crippen LogP contribution is 2.28. The number of aromatic amines is 1. The molecule has 0 radical (unpaired) electrons. The quantitative estimate of drug-likeness (QED) is 0.734. The van der Waals surface area contributed by atoms with Crippen molar-refractivity contribution >= 4 is 11.9 Å². The first-order valence-corrected chi connectivity index (χ1v) is 7.96. The summed E-state index contributed by atoms with van der Waals surface area (Å²) in [4.78, 5) is 32.7. The molecule has 0 bridgehead atoms. The molecule has 3 rings (SSSR count). The minimum absolute atomic E-state index is 0.0433. The maximum atomic E-state index is 12.5. The molecule has 1 fully saturated rings. The third-order valence-electron chi connectivity index (χ3n) is 4.78. The van der Waals surface area contributed by atoms with E-state index in [2.05, 4.69) is 9.97 Å². The van der Waals surface area contributed by atoms with Crippen molar-refractivity contribution in [1.82, 2.24) is 14.9 Å². The number of carbonyl (C=O) groups is 1. The van der Waals surface area contributed by atoms with Crippen molar-refractivity contribution in [2.24, 2.45) is 11.7 Å². The monoisotopic (exact) mass is 305 g/mol. The first-order chi connectivity index (χ1) is 10.5. The number of amides is 1. The van der Waals surface area contributed by atoms with Crippen LogP contribution in [0.15, 0.2) is 4.79 Å². The predicted octanol–water partition coefficient (Wildman–Crippen LogP) is 0.144. The number of hydrogen-bond acceptors (Lipinski definition) is 5. The molecule has 2 heterocycles. The maximum absolute atomic E-state index is 12.5. The Balaban J connectivity index is 1.68. The van der Waals surface area contributed by atoms with Gasteiger partial charge in [-0.1, -0.05) is 25.7 Å². The van der Waals surface area contributed by atoms with Crippen LogP contribution in [0, 0.1) is 5.92 Å². The average Bonchev–Trinajstić information content (AvgIpc) is 2.98. The van der Waals surface area contributed by atoms with Gasteiger partial charge in [0.05, 0.1) is 18.3 Å². The molecule has 1 amide bonds. The molecule has 1 aliphatic heterocycles. The van der Waals surface area contributed by atoms with Crippen molar-refractivity contribution < 1.29 is 4.79 Å². The second kappa shape index (κ2) is 6.08. The molecule has 2 aliphatic rings. The smallest absolute Gasteiger partial charge is 0.255 e. The summed E-state index contributed by atoms with van der Waals surface area (Å²) >= 11 is 0. The Bertz CT molecular complexity index is 621. The van der Waals surface area contributed by atoms with Gasteiger partial charge in [-0.15, -0.1) is 0 Å². The lowest BCUT2D eigenvalue weighted by molar-refractivity contribution is -0.134. The molecule has 7 nitrogen and oxygen atoms in total. The van der Waals surface area contributed by atoms with E-state index in [0.717, 1.165) is 6.42 Å². The number of aromatic nitrogens is 2. The summed E-state index contributed by atoms with van der Waals surface area (Å²) in [6.45, 7) is 0.833. The van der Waals surface area contributed by atoms with E-state index >= 15 is 0 Å².